The molecule has 0 saturated carbocycles. The lowest BCUT2D eigenvalue weighted by Crippen LogP contribution is -2.27. The van der Waals surface area contributed by atoms with Crippen LogP contribution in [0.1, 0.15) is 30.1 Å². The van der Waals surface area contributed by atoms with E-state index in [1.165, 1.54) is 30.3 Å². The molecule has 1 aliphatic rings. The Kier molecular flexibility index (Phi) is 3.55. The normalized spacial score (nSPS) is 19.3. The Morgan fingerprint density at radius 1 is 1.39 bits per heavy atom. The third-order valence-corrected chi connectivity index (χ3v) is 2.81. The first kappa shape index (κ1) is 12.5. The first-order chi connectivity index (χ1) is 8.54. The van der Waals surface area contributed by atoms with E-state index in [1.807, 2.05) is 6.92 Å². The Morgan fingerprint density at radius 2 is 2.17 bits per heavy atom. The van der Waals surface area contributed by atoms with Crippen LogP contribution in [-0.4, -0.2) is 11.7 Å². The highest BCUT2D eigenvalue weighted by Gasteiger charge is 2.18. The van der Waals surface area contributed by atoms with Crippen molar-refractivity contribution in [1.82, 2.24) is 5.32 Å². The zero-order valence-corrected chi connectivity index (χ0v) is 10.1. The Labute approximate surface area is 105 Å². The molecule has 1 unspecified atom stereocenters. The average molecular weight is 247 g/mol. The number of amides is 1. The van der Waals surface area contributed by atoms with Crippen LogP contribution in [0.5, 0.6) is 0 Å². The Balaban J connectivity index is 2.10. The fourth-order valence-corrected chi connectivity index (χ4v) is 2.04. The first-order valence-electron chi connectivity index (χ1n) is 5.85. The van der Waals surface area contributed by atoms with Gasteiger partial charge in [0.25, 0.3) is 5.91 Å². The van der Waals surface area contributed by atoms with E-state index < -0.39 is 5.82 Å². The SMILES string of the molecule is CC1CC(=O)C=C(NC(=O)c2cccc(F)c2)C1. The molecule has 2 rings (SSSR count). The summed E-state index contributed by atoms with van der Waals surface area (Å²) >= 11 is 0. The maximum Gasteiger partial charge on any atom is 0.255 e. The number of hydrogen-bond donors (Lipinski definition) is 1. The van der Waals surface area contributed by atoms with Crippen molar-refractivity contribution in [2.75, 3.05) is 0 Å². The predicted molar refractivity (Wildman–Crippen MR) is 65.4 cm³/mol. The smallest absolute Gasteiger partial charge is 0.255 e. The number of benzene rings is 1. The lowest BCUT2D eigenvalue weighted by molar-refractivity contribution is -0.115. The second-order valence-electron chi connectivity index (χ2n) is 4.61. The predicted octanol–water partition coefficient (Wildman–Crippen LogP) is 2.44. The van der Waals surface area contributed by atoms with Gasteiger partial charge in [-0.1, -0.05) is 13.0 Å². The minimum atomic E-state index is -0.454. The second kappa shape index (κ2) is 5.12. The average Bonchev–Trinajstić information content (AvgIpc) is 2.27. The van der Waals surface area contributed by atoms with Crippen molar-refractivity contribution in [3.63, 3.8) is 0 Å². The summed E-state index contributed by atoms with van der Waals surface area (Å²) in [5, 5.41) is 2.66. The molecule has 0 radical (unpaired) electrons. The van der Waals surface area contributed by atoms with E-state index in [0.717, 1.165) is 0 Å². The number of ketones is 1. The lowest BCUT2D eigenvalue weighted by atomic mass is 9.93. The molecule has 1 aliphatic carbocycles. The summed E-state index contributed by atoms with van der Waals surface area (Å²) in [6.07, 6.45) is 2.63. The zero-order valence-electron chi connectivity index (χ0n) is 10.1. The largest absolute Gasteiger partial charge is 0.326 e. The second-order valence-corrected chi connectivity index (χ2v) is 4.61. The van der Waals surface area contributed by atoms with Crippen LogP contribution in [0.15, 0.2) is 36.0 Å². The van der Waals surface area contributed by atoms with Crippen LogP contribution in [-0.2, 0) is 4.79 Å². The fraction of sp³-hybridized carbons (Fsp3) is 0.286. The standard InChI is InChI=1S/C14H14FNO2/c1-9-5-12(8-13(17)6-9)16-14(18)10-3-2-4-11(15)7-10/h2-4,7-9H,5-6H2,1H3,(H,16,18). The highest BCUT2D eigenvalue weighted by molar-refractivity contribution is 5.97. The van der Waals surface area contributed by atoms with Gasteiger partial charge in [-0.05, 0) is 30.5 Å². The van der Waals surface area contributed by atoms with Crippen LogP contribution < -0.4 is 5.32 Å². The molecule has 0 bridgehead atoms. The zero-order chi connectivity index (χ0) is 13.1. The van der Waals surface area contributed by atoms with Gasteiger partial charge in [-0.3, -0.25) is 9.59 Å². The summed E-state index contributed by atoms with van der Waals surface area (Å²) < 4.78 is 13.0. The van der Waals surface area contributed by atoms with Crippen LogP contribution in [0, 0.1) is 11.7 Å². The van der Waals surface area contributed by atoms with E-state index in [9.17, 15) is 14.0 Å². The topological polar surface area (TPSA) is 46.2 Å². The molecule has 1 atom stereocenters. The molecular formula is C14H14FNO2. The van der Waals surface area contributed by atoms with Gasteiger partial charge in [-0.25, -0.2) is 4.39 Å². The highest BCUT2D eigenvalue weighted by atomic mass is 19.1. The number of nitrogens with one attached hydrogen (secondary N) is 1. The number of halogens is 1. The molecule has 0 heterocycles. The summed E-state index contributed by atoms with van der Waals surface area (Å²) in [6.45, 7) is 1.96. The number of hydrogen-bond acceptors (Lipinski definition) is 2. The summed E-state index contributed by atoms with van der Waals surface area (Å²) in [7, 11) is 0. The van der Waals surface area contributed by atoms with Gasteiger partial charge in [0, 0.05) is 23.8 Å². The van der Waals surface area contributed by atoms with Crippen molar-refractivity contribution in [3.8, 4) is 0 Å². The molecule has 1 aromatic carbocycles. The van der Waals surface area contributed by atoms with Crippen molar-refractivity contribution in [2.24, 2.45) is 5.92 Å². The number of allylic oxidation sites excluding steroid dienone is 2. The number of carbonyl (C=O) groups excluding carboxylic acids is 2. The van der Waals surface area contributed by atoms with Crippen molar-refractivity contribution in [1.29, 1.82) is 0 Å². The highest BCUT2D eigenvalue weighted by Crippen LogP contribution is 2.19. The summed E-state index contributed by atoms with van der Waals surface area (Å²) in [6, 6.07) is 5.46. The van der Waals surface area contributed by atoms with Gasteiger partial charge >= 0.3 is 0 Å². The van der Waals surface area contributed by atoms with E-state index in [1.54, 1.807) is 0 Å². The van der Waals surface area contributed by atoms with Crippen LogP contribution >= 0.6 is 0 Å². The van der Waals surface area contributed by atoms with Crippen molar-refractivity contribution in [2.45, 2.75) is 19.8 Å². The molecule has 94 valence electrons. The molecule has 0 spiro atoms. The maximum absolute atomic E-state index is 13.0. The Morgan fingerprint density at radius 3 is 2.83 bits per heavy atom. The lowest BCUT2D eigenvalue weighted by Gasteiger charge is -2.18. The molecule has 18 heavy (non-hydrogen) atoms. The van der Waals surface area contributed by atoms with Gasteiger partial charge in [-0.2, -0.15) is 0 Å². The molecule has 0 aromatic heterocycles. The van der Waals surface area contributed by atoms with Gasteiger partial charge in [0.05, 0.1) is 0 Å². The minimum absolute atomic E-state index is 0.0169. The van der Waals surface area contributed by atoms with Gasteiger partial charge < -0.3 is 5.32 Å². The molecule has 4 heteroatoms. The minimum Gasteiger partial charge on any atom is -0.326 e. The quantitative estimate of drug-likeness (QED) is 0.872. The summed E-state index contributed by atoms with van der Waals surface area (Å²) in [5.74, 6) is -0.596. The van der Waals surface area contributed by atoms with E-state index in [2.05, 4.69) is 5.32 Å². The van der Waals surface area contributed by atoms with E-state index in [0.29, 0.717) is 18.5 Å². The molecule has 0 saturated heterocycles. The molecule has 1 N–H and O–H groups in total. The van der Waals surface area contributed by atoms with E-state index in [4.69, 9.17) is 0 Å². The fourth-order valence-electron chi connectivity index (χ4n) is 2.04. The third-order valence-electron chi connectivity index (χ3n) is 2.81. The van der Waals surface area contributed by atoms with Crippen LogP contribution in [0.25, 0.3) is 0 Å². The Bertz CT molecular complexity index is 522. The van der Waals surface area contributed by atoms with Gasteiger partial charge in [-0.15, -0.1) is 0 Å². The van der Waals surface area contributed by atoms with Crippen molar-refractivity contribution >= 4 is 11.7 Å². The van der Waals surface area contributed by atoms with Crippen LogP contribution in [0.2, 0.25) is 0 Å². The molecule has 1 aromatic rings. The van der Waals surface area contributed by atoms with Crippen molar-refractivity contribution < 1.29 is 14.0 Å². The molecular weight excluding hydrogens is 233 g/mol. The Hall–Kier alpha value is -1.97. The molecule has 3 nitrogen and oxygen atoms in total. The molecule has 1 amide bonds. The van der Waals surface area contributed by atoms with Gasteiger partial charge in [0.15, 0.2) is 5.78 Å². The van der Waals surface area contributed by atoms with Gasteiger partial charge in [0.1, 0.15) is 5.82 Å². The van der Waals surface area contributed by atoms with Crippen LogP contribution in [0.3, 0.4) is 0 Å². The van der Waals surface area contributed by atoms with Crippen molar-refractivity contribution in [3.05, 3.63) is 47.4 Å². The summed E-state index contributed by atoms with van der Waals surface area (Å²) in [4.78, 5) is 23.2. The van der Waals surface area contributed by atoms with Crippen LogP contribution in [0.4, 0.5) is 4.39 Å². The maximum atomic E-state index is 13.0. The van der Waals surface area contributed by atoms with Gasteiger partial charge in [0.2, 0.25) is 0 Å². The first-order valence-corrected chi connectivity index (χ1v) is 5.85. The van der Waals surface area contributed by atoms with E-state index in [-0.39, 0.29) is 23.2 Å². The summed E-state index contributed by atoms with van der Waals surface area (Å²) in [5.41, 5.74) is 0.856. The monoisotopic (exact) mass is 247 g/mol. The molecule has 0 fully saturated rings. The number of carbonyl (C=O) groups is 2. The third kappa shape index (κ3) is 3.03. The van der Waals surface area contributed by atoms with E-state index >= 15 is 0 Å². The molecule has 0 aliphatic heterocycles. The number of rotatable bonds is 2.